The van der Waals surface area contributed by atoms with Crippen molar-refractivity contribution < 1.29 is 9.47 Å². The van der Waals surface area contributed by atoms with Crippen molar-refractivity contribution in [3.63, 3.8) is 0 Å². The quantitative estimate of drug-likeness (QED) is 0.755. The number of nitrogens with zero attached hydrogens (tertiary/aromatic N) is 1. The molecule has 0 bridgehead atoms. The topological polar surface area (TPSA) is 59.8 Å². The average Bonchev–Trinajstić information content (AvgIpc) is 2.50. The molecule has 1 atom stereocenters. The van der Waals surface area contributed by atoms with Crippen molar-refractivity contribution in [2.45, 2.75) is 26.4 Å². The third-order valence-corrected chi connectivity index (χ3v) is 3.61. The summed E-state index contributed by atoms with van der Waals surface area (Å²) in [6.45, 7) is 9.66. The minimum absolute atomic E-state index is 0.222. The average molecular weight is 293 g/mol. The van der Waals surface area contributed by atoms with Gasteiger partial charge in [0, 0.05) is 43.1 Å². The highest BCUT2D eigenvalue weighted by atomic mass is 16.5. The van der Waals surface area contributed by atoms with Gasteiger partial charge in [0.1, 0.15) is 5.75 Å². The Bertz CT molecular complexity index is 440. The Morgan fingerprint density at radius 1 is 1.38 bits per heavy atom. The molecular formula is C16H27N3O2. The Labute approximate surface area is 127 Å². The van der Waals surface area contributed by atoms with Crippen LogP contribution in [0.4, 0.5) is 11.4 Å². The number of likely N-dealkylation sites (N-methyl/N-ethyl adjacent to an activating group) is 1. The van der Waals surface area contributed by atoms with Crippen LogP contribution in [-0.4, -0.2) is 50.4 Å². The molecule has 1 aliphatic heterocycles. The fraction of sp³-hybridized carbons (Fsp3) is 0.625. The van der Waals surface area contributed by atoms with Crippen LogP contribution in [0.3, 0.4) is 0 Å². The number of nitrogen functional groups attached to an aromatic ring is 1. The van der Waals surface area contributed by atoms with Crippen molar-refractivity contribution in [2.75, 3.05) is 50.4 Å². The number of nitrogens with one attached hydrogen (secondary N) is 1. The Morgan fingerprint density at radius 2 is 2.24 bits per heavy atom. The molecule has 0 aliphatic carbocycles. The van der Waals surface area contributed by atoms with Crippen molar-refractivity contribution in [3.05, 3.63) is 18.2 Å². The van der Waals surface area contributed by atoms with E-state index in [1.54, 1.807) is 0 Å². The molecule has 1 unspecified atom stereocenters. The van der Waals surface area contributed by atoms with Crippen LogP contribution in [0, 0.1) is 0 Å². The van der Waals surface area contributed by atoms with Crippen LogP contribution in [0.5, 0.6) is 5.75 Å². The van der Waals surface area contributed by atoms with E-state index in [4.69, 9.17) is 15.2 Å². The van der Waals surface area contributed by atoms with Gasteiger partial charge in [0.25, 0.3) is 0 Å². The van der Waals surface area contributed by atoms with Gasteiger partial charge < -0.3 is 20.5 Å². The number of hydrogen-bond donors (Lipinski definition) is 2. The summed E-state index contributed by atoms with van der Waals surface area (Å²) in [5, 5.41) is 3.40. The van der Waals surface area contributed by atoms with Crippen molar-refractivity contribution in [2.24, 2.45) is 0 Å². The predicted octanol–water partition coefficient (Wildman–Crippen LogP) is 2.19. The summed E-state index contributed by atoms with van der Waals surface area (Å²) in [7, 11) is 0. The van der Waals surface area contributed by atoms with E-state index in [0.29, 0.717) is 12.3 Å². The summed E-state index contributed by atoms with van der Waals surface area (Å²) in [6.07, 6.45) is 1.21. The summed E-state index contributed by atoms with van der Waals surface area (Å²) in [4.78, 5) is 2.41. The molecule has 5 nitrogen and oxygen atoms in total. The second-order valence-electron chi connectivity index (χ2n) is 5.41. The summed E-state index contributed by atoms with van der Waals surface area (Å²) in [5.74, 6) is 0.819. The van der Waals surface area contributed by atoms with Gasteiger partial charge in [-0.2, -0.15) is 0 Å². The van der Waals surface area contributed by atoms with E-state index in [-0.39, 0.29) is 6.10 Å². The van der Waals surface area contributed by atoms with Crippen molar-refractivity contribution in [1.29, 1.82) is 0 Å². The lowest BCUT2D eigenvalue weighted by Gasteiger charge is -2.32. The molecule has 21 heavy (non-hydrogen) atoms. The molecule has 5 heteroatoms. The molecule has 0 saturated carbocycles. The second kappa shape index (κ2) is 8.10. The van der Waals surface area contributed by atoms with Crippen LogP contribution in [0.2, 0.25) is 0 Å². The maximum Gasteiger partial charge on any atom is 0.123 e. The highest BCUT2D eigenvalue weighted by molar-refractivity contribution is 5.59. The summed E-state index contributed by atoms with van der Waals surface area (Å²) in [5.41, 5.74) is 7.62. The molecule has 0 spiro atoms. The van der Waals surface area contributed by atoms with E-state index < -0.39 is 0 Å². The molecule has 1 fully saturated rings. The summed E-state index contributed by atoms with van der Waals surface area (Å²) in [6, 6.07) is 5.78. The lowest BCUT2D eigenvalue weighted by atomic mass is 10.2. The Balaban J connectivity index is 1.88. The number of morpholine rings is 1. The van der Waals surface area contributed by atoms with Crippen LogP contribution in [0.1, 0.15) is 20.3 Å². The Morgan fingerprint density at radius 3 is 3.00 bits per heavy atom. The van der Waals surface area contributed by atoms with E-state index in [1.807, 2.05) is 18.2 Å². The van der Waals surface area contributed by atoms with Gasteiger partial charge in [-0.15, -0.1) is 0 Å². The van der Waals surface area contributed by atoms with Crippen molar-refractivity contribution in [1.82, 2.24) is 4.90 Å². The summed E-state index contributed by atoms with van der Waals surface area (Å²) >= 11 is 0. The zero-order valence-corrected chi connectivity index (χ0v) is 13.1. The fourth-order valence-corrected chi connectivity index (χ4v) is 2.45. The first-order valence-electron chi connectivity index (χ1n) is 7.82. The van der Waals surface area contributed by atoms with Gasteiger partial charge in [-0.3, -0.25) is 4.90 Å². The number of benzene rings is 1. The molecule has 118 valence electrons. The molecule has 1 saturated heterocycles. The minimum atomic E-state index is 0.222. The third kappa shape index (κ3) is 5.10. The first kappa shape index (κ1) is 15.9. The molecule has 1 heterocycles. The van der Waals surface area contributed by atoms with Gasteiger partial charge >= 0.3 is 0 Å². The van der Waals surface area contributed by atoms with E-state index >= 15 is 0 Å². The first-order chi connectivity index (χ1) is 10.2. The molecule has 0 radical (unpaired) electrons. The van der Waals surface area contributed by atoms with Crippen LogP contribution in [-0.2, 0) is 4.74 Å². The van der Waals surface area contributed by atoms with Gasteiger partial charge in [-0.25, -0.2) is 0 Å². The van der Waals surface area contributed by atoms with Gasteiger partial charge in [0.2, 0.25) is 0 Å². The van der Waals surface area contributed by atoms with Gasteiger partial charge in [0.15, 0.2) is 0 Å². The van der Waals surface area contributed by atoms with E-state index in [2.05, 4.69) is 24.1 Å². The number of rotatable bonds is 7. The summed E-state index contributed by atoms with van der Waals surface area (Å²) < 4.78 is 11.4. The molecule has 1 aliphatic rings. The van der Waals surface area contributed by atoms with Crippen LogP contribution >= 0.6 is 0 Å². The van der Waals surface area contributed by atoms with Crippen molar-refractivity contribution in [3.8, 4) is 5.75 Å². The zero-order valence-electron chi connectivity index (χ0n) is 13.1. The van der Waals surface area contributed by atoms with Gasteiger partial charge in [-0.1, -0.05) is 13.8 Å². The van der Waals surface area contributed by atoms with Crippen LogP contribution in [0.25, 0.3) is 0 Å². The van der Waals surface area contributed by atoms with E-state index in [0.717, 1.165) is 50.6 Å². The van der Waals surface area contributed by atoms with Gasteiger partial charge in [0.05, 0.1) is 19.3 Å². The molecule has 1 aromatic rings. The molecule has 2 rings (SSSR count). The number of nitrogens with two attached hydrogens (primary N) is 1. The number of ether oxygens (including phenoxy) is 2. The monoisotopic (exact) mass is 293 g/mol. The maximum absolute atomic E-state index is 5.92. The fourth-order valence-electron chi connectivity index (χ4n) is 2.45. The molecule has 0 aromatic heterocycles. The van der Waals surface area contributed by atoms with Crippen LogP contribution in [0.15, 0.2) is 18.2 Å². The maximum atomic E-state index is 5.92. The Hall–Kier alpha value is -1.46. The zero-order chi connectivity index (χ0) is 15.1. The van der Waals surface area contributed by atoms with Crippen LogP contribution < -0.4 is 15.8 Å². The molecule has 1 aromatic carbocycles. The normalized spacial score (nSPS) is 19.4. The first-order valence-corrected chi connectivity index (χ1v) is 7.82. The smallest absolute Gasteiger partial charge is 0.123 e. The predicted molar refractivity (Wildman–Crippen MR) is 87.0 cm³/mol. The standard InChI is InChI=1S/C16H27N3O2/c1-3-6-20-15-9-13(17)8-14(10-15)18-11-16-12-19(4-2)5-7-21-16/h8-10,16,18H,3-7,11-12,17H2,1-2H3. The number of hydrogen-bond acceptors (Lipinski definition) is 5. The largest absolute Gasteiger partial charge is 0.493 e. The highest BCUT2D eigenvalue weighted by Crippen LogP contribution is 2.23. The molecule has 0 amide bonds. The number of anilines is 2. The molecular weight excluding hydrogens is 266 g/mol. The molecule has 3 N–H and O–H groups in total. The second-order valence-corrected chi connectivity index (χ2v) is 5.41. The lowest BCUT2D eigenvalue weighted by Crippen LogP contribution is -2.45. The highest BCUT2D eigenvalue weighted by Gasteiger charge is 2.18. The SMILES string of the molecule is CCCOc1cc(N)cc(NCC2CN(CC)CCO2)c1. The van der Waals surface area contributed by atoms with Crippen molar-refractivity contribution >= 4 is 11.4 Å². The minimum Gasteiger partial charge on any atom is -0.493 e. The van der Waals surface area contributed by atoms with Gasteiger partial charge in [-0.05, 0) is 19.0 Å². The Kier molecular flexibility index (Phi) is 6.14. The lowest BCUT2D eigenvalue weighted by molar-refractivity contribution is -0.0191. The third-order valence-electron chi connectivity index (χ3n) is 3.61. The van der Waals surface area contributed by atoms with E-state index in [1.165, 1.54) is 0 Å². The van der Waals surface area contributed by atoms with E-state index in [9.17, 15) is 0 Å².